The third-order valence-corrected chi connectivity index (χ3v) is 4.97. The standard InChI is InChI=1S/C17H22N4O2S/c1-12(16-19-8-9-24-16)21-17(22)20-11-13-6-7-18-15(10-13)23-14-4-2-3-5-14/h6-10,12,14H,2-5,11H2,1H3,(H2,20,21,22)/t12-/m0/s1. The summed E-state index contributed by atoms with van der Waals surface area (Å²) in [5.74, 6) is 0.637. The SMILES string of the molecule is C[C@H](NC(=O)NCc1ccnc(OC2CCCC2)c1)c1nccs1. The van der Waals surface area contributed by atoms with E-state index in [1.165, 1.54) is 24.2 Å². The van der Waals surface area contributed by atoms with Gasteiger partial charge in [0.15, 0.2) is 0 Å². The normalized spacial score (nSPS) is 15.9. The smallest absolute Gasteiger partial charge is 0.315 e. The molecular formula is C17H22N4O2S. The highest BCUT2D eigenvalue weighted by Gasteiger charge is 2.17. The molecule has 2 aromatic rings. The number of carbonyl (C=O) groups excluding carboxylic acids is 1. The Morgan fingerprint density at radius 3 is 2.96 bits per heavy atom. The predicted molar refractivity (Wildman–Crippen MR) is 93.0 cm³/mol. The van der Waals surface area contributed by atoms with E-state index in [-0.39, 0.29) is 18.2 Å². The number of amides is 2. The molecule has 0 bridgehead atoms. The highest BCUT2D eigenvalue weighted by molar-refractivity contribution is 7.09. The van der Waals surface area contributed by atoms with Crippen molar-refractivity contribution < 1.29 is 9.53 Å². The molecule has 0 saturated heterocycles. The van der Waals surface area contributed by atoms with E-state index < -0.39 is 0 Å². The Bertz CT molecular complexity index is 656. The molecule has 0 aromatic carbocycles. The van der Waals surface area contributed by atoms with Crippen molar-refractivity contribution in [3.8, 4) is 5.88 Å². The average Bonchev–Trinajstić information content (AvgIpc) is 3.27. The Labute approximate surface area is 145 Å². The second kappa shape index (κ2) is 8.10. The zero-order valence-corrected chi connectivity index (χ0v) is 14.5. The van der Waals surface area contributed by atoms with Gasteiger partial charge in [-0.15, -0.1) is 11.3 Å². The maximum Gasteiger partial charge on any atom is 0.315 e. The molecule has 0 radical (unpaired) electrons. The van der Waals surface area contributed by atoms with Gasteiger partial charge in [-0.1, -0.05) is 0 Å². The first kappa shape index (κ1) is 16.7. The van der Waals surface area contributed by atoms with Crippen molar-refractivity contribution in [1.29, 1.82) is 0 Å². The zero-order valence-electron chi connectivity index (χ0n) is 13.7. The minimum absolute atomic E-state index is 0.108. The van der Waals surface area contributed by atoms with E-state index in [0.29, 0.717) is 12.4 Å². The molecule has 6 nitrogen and oxygen atoms in total. The summed E-state index contributed by atoms with van der Waals surface area (Å²) < 4.78 is 5.89. The van der Waals surface area contributed by atoms with Gasteiger partial charge in [0.2, 0.25) is 5.88 Å². The van der Waals surface area contributed by atoms with Crippen LogP contribution < -0.4 is 15.4 Å². The fourth-order valence-corrected chi connectivity index (χ4v) is 3.39. The van der Waals surface area contributed by atoms with Crippen LogP contribution in [0.2, 0.25) is 0 Å². The lowest BCUT2D eigenvalue weighted by molar-refractivity contribution is 0.201. The fraction of sp³-hybridized carbons (Fsp3) is 0.471. The number of hydrogen-bond donors (Lipinski definition) is 2. The van der Waals surface area contributed by atoms with Crippen molar-refractivity contribution in [3.05, 3.63) is 40.5 Å². The molecular weight excluding hydrogens is 324 g/mol. The van der Waals surface area contributed by atoms with E-state index in [2.05, 4.69) is 20.6 Å². The first-order valence-electron chi connectivity index (χ1n) is 8.26. The van der Waals surface area contributed by atoms with Gasteiger partial charge >= 0.3 is 6.03 Å². The highest BCUT2D eigenvalue weighted by atomic mass is 32.1. The first-order valence-corrected chi connectivity index (χ1v) is 9.14. The maximum absolute atomic E-state index is 12.0. The van der Waals surface area contributed by atoms with Crippen LogP contribution in [0.3, 0.4) is 0 Å². The number of rotatable bonds is 6. The van der Waals surface area contributed by atoms with Crippen molar-refractivity contribution in [3.63, 3.8) is 0 Å². The average molecular weight is 346 g/mol. The molecule has 0 unspecified atom stereocenters. The van der Waals surface area contributed by atoms with Gasteiger partial charge in [-0.3, -0.25) is 0 Å². The lowest BCUT2D eigenvalue weighted by Crippen LogP contribution is -2.36. The number of nitrogens with zero attached hydrogens (tertiary/aromatic N) is 2. The zero-order chi connectivity index (χ0) is 16.8. The monoisotopic (exact) mass is 346 g/mol. The number of thiazole rings is 1. The minimum atomic E-state index is -0.215. The van der Waals surface area contributed by atoms with Crippen LogP contribution in [0.4, 0.5) is 4.79 Å². The minimum Gasteiger partial charge on any atom is -0.474 e. The van der Waals surface area contributed by atoms with Crippen LogP contribution in [-0.4, -0.2) is 22.1 Å². The van der Waals surface area contributed by atoms with Crippen LogP contribution in [0.25, 0.3) is 0 Å². The van der Waals surface area contributed by atoms with E-state index >= 15 is 0 Å². The summed E-state index contributed by atoms with van der Waals surface area (Å²) in [6, 6.07) is 3.45. The molecule has 1 atom stereocenters. The largest absolute Gasteiger partial charge is 0.474 e. The van der Waals surface area contributed by atoms with Gasteiger partial charge in [0.25, 0.3) is 0 Å². The molecule has 2 N–H and O–H groups in total. The maximum atomic E-state index is 12.0. The molecule has 1 aliphatic rings. The molecule has 2 aromatic heterocycles. The molecule has 1 saturated carbocycles. The van der Waals surface area contributed by atoms with Gasteiger partial charge in [0.1, 0.15) is 11.1 Å². The van der Waals surface area contributed by atoms with E-state index in [9.17, 15) is 4.79 Å². The quantitative estimate of drug-likeness (QED) is 0.840. The topological polar surface area (TPSA) is 76.1 Å². The summed E-state index contributed by atoms with van der Waals surface area (Å²) >= 11 is 1.53. The Morgan fingerprint density at radius 1 is 1.38 bits per heavy atom. The Morgan fingerprint density at radius 2 is 2.21 bits per heavy atom. The van der Waals surface area contributed by atoms with Crippen LogP contribution in [0.5, 0.6) is 5.88 Å². The van der Waals surface area contributed by atoms with E-state index in [1.54, 1.807) is 12.4 Å². The summed E-state index contributed by atoms with van der Waals surface area (Å²) in [7, 11) is 0. The van der Waals surface area contributed by atoms with Crippen molar-refractivity contribution in [2.24, 2.45) is 0 Å². The summed E-state index contributed by atoms with van der Waals surface area (Å²) in [4.78, 5) is 20.4. The van der Waals surface area contributed by atoms with Gasteiger partial charge in [-0.05, 0) is 44.2 Å². The number of nitrogens with one attached hydrogen (secondary N) is 2. The van der Waals surface area contributed by atoms with Gasteiger partial charge in [0, 0.05) is 30.4 Å². The number of carbonyl (C=O) groups is 1. The number of ether oxygens (including phenoxy) is 1. The Hall–Kier alpha value is -2.15. The fourth-order valence-electron chi connectivity index (χ4n) is 2.74. The van der Waals surface area contributed by atoms with Crippen LogP contribution in [0.1, 0.15) is 49.2 Å². The van der Waals surface area contributed by atoms with Crippen LogP contribution in [0.15, 0.2) is 29.9 Å². The lowest BCUT2D eigenvalue weighted by Gasteiger charge is -2.14. The summed E-state index contributed by atoms with van der Waals surface area (Å²) in [6.07, 6.45) is 8.38. The second-order valence-electron chi connectivity index (χ2n) is 5.95. The summed E-state index contributed by atoms with van der Waals surface area (Å²) in [6.45, 7) is 2.35. The molecule has 0 aliphatic heterocycles. The molecule has 2 heterocycles. The number of pyridine rings is 1. The first-order chi connectivity index (χ1) is 11.7. The molecule has 2 amide bonds. The van der Waals surface area contributed by atoms with Crippen molar-refractivity contribution >= 4 is 17.4 Å². The van der Waals surface area contributed by atoms with Crippen molar-refractivity contribution in [2.75, 3.05) is 0 Å². The molecule has 7 heteroatoms. The third kappa shape index (κ3) is 4.67. The van der Waals surface area contributed by atoms with Gasteiger partial charge < -0.3 is 15.4 Å². The second-order valence-corrected chi connectivity index (χ2v) is 6.87. The third-order valence-electron chi connectivity index (χ3n) is 4.01. The van der Waals surface area contributed by atoms with Crippen LogP contribution in [-0.2, 0) is 6.54 Å². The molecule has 128 valence electrons. The van der Waals surface area contributed by atoms with Crippen LogP contribution >= 0.6 is 11.3 Å². The van der Waals surface area contributed by atoms with Crippen LogP contribution in [0, 0.1) is 0 Å². The number of aromatic nitrogens is 2. The highest BCUT2D eigenvalue weighted by Crippen LogP contribution is 2.23. The molecule has 0 spiro atoms. The van der Waals surface area contributed by atoms with E-state index in [4.69, 9.17) is 4.74 Å². The van der Waals surface area contributed by atoms with Gasteiger partial charge in [-0.2, -0.15) is 0 Å². The number of hydrogen-bond acceptors (Lipinski definition) is 5. The number of urea groups is 1. The Balaban J connectivity index is 1.48. The Kier molecular flexibility index (Phi) is 5.63. The van der Waals surface area contributed by atoms with E-state index in [1.807, 2.05) is 24.4 Å². The van der Waals surface area contributed by atoms with Crippen molar-refractivity contribution in [2.45, 2.75) is 51.3 Å². The van der Waals surface area contributed by atoms with E-state index in [0.717, 1.165) is 23.4 Å². The molecule has 3 rings (SSSR count). The lowest BCUT2D eigenvalue weighted by atomic mass is 10.2. The molecule has 1 fully saturated rings. The molecule has 1 aliphatic carbocycles. The van der Waals surface area contributed by atoms with Crippen molar-refractivity contribution in [1.82, 2.24) is 20.6 Å². The van der Waals surface area contributed by atoms with Gasteiger partial charge in [0.05, 0.1) is 6.04 Å². The molecule has 24 heavy (non-hydrogen) atoms. The predicted octanol–water partition coefficient (Wildman–Crippen LogP) is 3.42. The summed E-state index contributed by atoms with van der Waals surface area (Å²) in [5, 5.41) is 8.52. The van der Waals surface area contributed by atoms with Gasteiger partial charge in [-0.25, -0.2) is 14.8 Å². The summed E-state index contributed by atoms with van der Waals surface area (Å²) in [5.41, 5.74) is 0.968.